The van der Waals surface area contributed by atoms with Crippen LogP contribution in [0.25, 0.3) is 10.9 Å². The lowest BCUT2D eigenvalue weighted by atomic mass is 9.93. The third-order valence-corrected chi connectivity index (χ3v) is 3.70. The quantitative estimate of drug-likeness (QED) is 0.888. The van der Waals surface area contributed by atoms with E-state index in [4.69, 9.17) is 15.2 Å². The molecule has 102 valence electrons. The van der Waals surface area contributed by atoms with Crippen molar-refractivity contribution < 1.29 is 9.47 Å². The monoisotopic (exact) mass is 261 g/mol. The average molecular weight is 261 g/mol. The van der Waals surface area contributed by atoms with E-state index in [9.17, 15) is 0 Å². The van der Waals surface area contributed by atoms with Gasteiger partial charge in [0.15, 0.2) is 11.5 Å². The lowest BCUT2D eigenvalue weighted by Crippen LogP contribution is -2.33. The molecule has 1 fully saturated rings. The molecule has 3 N–H and O–H groups in total. The first-order chi connectivity index (χ1) is 9.28. The molecule has 19 heavy (non-hydrogen) atoms. The summed E-state index contributed by atoms with van der Waals surface area (Å²) in [4.78, 5) is 0. The Morgan fingerprint density at radius 2 is 2.26 bits per heavy atom. The minimum Gasteiger partial charge on any atom is -0.492 e. The number of hydrogen-bond donors (Lipinski definition) is 2. The standard InChI is InChI=1S/C14H19N3O2/c1-18-14-11-8-16-17-12(11)5-6-13(14)19-10-4-2-3-9(15)7-10/h5-6,8-10H,2-4,7,15H2,1H3,(H,16,17)/t9-,10+/m1/s1. The van der Waals surface area contributed by atoms with Crippen LogP contribution in [0, 0.1) is 0 Å². The molecule has 1 aliphatic carbocycles. The Hall–Kier alpha value is -1.75. The second kappa shape index (κ2) is 5.09. The van der Waals surface area contributed by atoms with E-state index in [-0.39, 0.29) is 12.1 Å². The number of hydrogen-bond acceptors (Lipinski definition) is 4. The highest BCUT2D eigenvalue weighted by atomic mass is 16.5. The van der Waals surface area contributed by atoms with Crippen molar-refractivity contribution in [1.29, 1.82) is 0 Å². The zero-order valence-corrected chi connectivity index (χ0v) is 11.1. The van der Waals surface area contributed by atoms with E-state index in [2.05, 4.69) is 10.2 Å². The largest absolute Gasteiger partial charge is 0.492 e. The predicted octanol–water partition coefficient (Wildman–Crippen LogP) is 2.22. The molecule has 2 atom stereocenters. The van der Waals surface area contributed by atoms with Gasteiger partial charge in [-0.1, -0.05) is 0 Å². The van der Waals surface area contributed by atoms with Gasteiger partial charge in [-0.3, -0.25) is 5.10 Å². The second-order valence-corrected chi connectivity index (χ2v) is 5.09. The number of rotatable bonds is 3. The number of benzene rings is 1. The maximum Gasteiger partial charge on any atom is 0.171 e. The van der Waals surface area contributed by atoms with Crippen molar-refractivity contribution in [2.75, 3.05) is 7.11 Å². The highest BCUT2D eigenvalue weighted by Crippen LogP contribution is 2.36. The smallest absolute Gasteiger partial charge is 0.171 e. The van der Waals surface area contributed by atoms with Gasteiger partial charge in [0.05, 0.1) is 24.2 Å². The second-order valence-electron chi connectivity index (χ2n) is 5.09. The molecule has 3 rings (SSSR count). The van der Waals surface area contributed by atoms with Gasteiger partial charge in [-0.2, -0.15) is 5.10 Å². The van der Waals surface area contributed by atoms with Gasteiger partial charge in [-0.25, -0.2) is 0 Å². The molecule has 1 saturated carbocycles. The molecular weight excluding hydrogens is 242 g/mol. The number of aromatic amines is 1. The molecule has 5 nitrogen and oxygen atoms in total. The summed E-state index contributed by atoms with van der Waals surface area (Å²) < 4.78 is 11.5. The normalized spacial score (nSPS) is 23.5. The minimum absolute atomic E-state index is 0.182. The number of fused-ring (bicyclic) bond motifs is 1. The first kappa shape index (κ1) is 12.3. The number of nitrogens with two attached hydrogens (primary N) is 1. The van der Waals surface area contributed by atoms with Gasteiger partial charge < -0.3 is 15.2 Å². The third kappa shape index (κ3) is 2.38. The zero-order chi connectivity index (χ0) is 13.2. The van der Waals surface area contributed by atoms with Crippen molar-refractivity contribution >= 4 is 10.9 Å². The van der Waals surface area contributed by atoms with Gasteiger partial charge in [-0.05, 0) is 37.8 Å². The summed E-state index contributed by atoms with van der Waals surface area (Å²) in [6.07, 6.45) is 6.13. The average Bonchev–Trinajstić information content (AvgIpc) is 2.87. The molecule has 1 heterocycles. The number of methoxy groups -OCH3 is 1. The van der Waals surface area contributed by atoms with E-state index in [0.29, 0.717) is 0 Å². The van der Waals surface area contributed by atoms with Crippen LogP contribution in [0.5, 0.6) is 11.5 Å². The molecule has 0 saturated heterocycles. The van der Waals surface area contributed by atoms with Crippen LogP contribution in [-0.4, -0.2) is 29.5 Å². The van der Waals surface area contributed by atoms with Crippen LogP contribution in [0.2, 0.25) is 0 Å². The van der Waals surface area contributed by atoms with Gasteiger partial charge in [0.1, 0.15) is 6.10 Å². The first-order valence-electron chi connectivity index (χ1n) is 6.70. The van der Waals surface area contributed by atoms with Crippen LogP contribution in [0.3, 0.4) is 0 Å². The molecule has 5 heteroatoms. The van der Waals surface area contributed by atoms with E-state index < -0.39 is 0 Å². The Bertz CT molecular complexity index is 567. The molecule has 1 aromatic carbocycles. The van der Waals surface area contributed by atoms with Crippen LogP contribution in [0.1, 0.15) is 25.7 Å². The molecular formula is C14H19N3O2. The van der Waals surface area contributed by atoms with Crippen LogP contribution in [0.15, 0.2) is 18.3 Å². The Morgan fingerprint density at radius 3 is 3.05 bits per heavy atom. The van der Waals surface area contributed by atoms with Crippen molar-refractivity contribution in [3.05, 3.63) is 18.3 Å². The molecule has 0 amide bonds. The summed E-state index contributed by atoms with van der Waals surface area (Å²) in [6.45, 7) is 0. The summed E-state index contributed by atoms with van der Waals surface area (Å²) in [5.74, 6) is 1.51. The molecule has 0 spiro atoms. The molecule has 0 aliphatic heterocycles. The maximum absolute atomic E-state index is 6.08. The Morgan fingerprint density at radius 1 is 1.37 bits per heavy atom. The Labute approximate surface area is 112 Å². The van der Waals surface area contributed by atoms with Gasteiger partial charge in [0.2, 0.25) is 0 Å². The lowest BCUT2D eigenvalue weighted by Gasteiger charge is -2.27. The summed E-state index contributed by atoms with van der Waals surface area (Å²) in [7, 11) is 1.65. The fraction of sp³-hybridized carbons (Fsp3) is 0.500. The summed E-state index contributed by atoms with van der Waals surface area (Å²) in [5, 5.41) is 7.90. The minimum atomic E-state index is 0.182. The highest BCUT2D eigenvalue weighted by molar-refractivity contribution is 5.87. The fourth-order valence-electron chi connectivity index (χ4n) is 2.74. The number of H-pyrrole nitrogens is 1. The lowest BCUT2D eigenvalue weighted by molar-refractivity contribution is 0.140. The fourth-order valence-corrected chi connectivity index (χ4v) is 2.74. The van der Waals surface area contributed by atoms with E-state index >= 15 is 0 Å². The van der Waals surface area contributed by atoms with Crippen molar-refractivity contribution in [3.63, 3.8) is 0 Å². The topological polar surface area (TPSA) is 73.2 Å². The van der Waals surface area contributed by atoms with E-state index in [0.717, 1.165) is 48.1 Å². The summed E-state index contributed by atoms with van der Waals surface area (Å²) in [6, 6.07) is 4.14. The summed E-state index contributed by atoms with van der Waals surface area (Å²) in [5.41, 5.74) is 6.95. The molecule has 2 aromatic rings. The highest BCUT2D eigenvalue weighted by Gasteiger charge is 2.22. The maximum atomic E-state index is 6.08. The van der Waals surface area contributed by atoms with Crippen molar-refractivity contribution in [1.82, 2.24) is 10.2 Å². The van der Waals surface area contributed by atoms with E-state index in [1.807, 2.05) is 12.1 Å². The van der Waals surface area contributed by atoms with Crippen LogP contribution >= 0.6 is 0 Å². The van der Waals surface area contributed by atoms with Crippen molar-refractivity contribution in [2.45, 2.75) is 37.8 Å². The molecule has 1 aromatic heterocycles. The van der Waals surface area contributed by atoms with Gasteiger partial charge in [0, 0.05) is 6.04 Å². The summed E-state index contributed by atoms with van der Waals surface area (Å²) >= 11 is 0. The molecule has 0 unspecified atom stereocenters. The van der Waals surface area contributed by atoms with Crippen molar-refractivity contribution in [3.8, 4) is 11.5 Å². The Kier molecular flexibility index (Phi) is 3.29. The van der Waals surface area contributed by atoms with Gasteiger partial charge in [-0.15, -0.1) is 0 Å². The molecule has 0 radical (unpaired) electrons. The number of aromatic nitrogens is 2. The van der Waals surface area contributed by atoms with Crippen LogP contribution < -0.4 is 15.2 Å². The Balaban J connectivity index is 1.87. The van der Waals surface area contributed by atoms with E-state index in [1.165, 1.54) is 0 Å². The zero-order valence-electron chi connectivity index (χ0n) is 11.1. The first-order valence-corrected chi connectivity index (χ1v) is 6.70. The number of nitrogens with one attached hydrogen (secondary N) is 1. The van der Waals surface area contributed by atoms with Crippen LogP contribution in [0.4, 0.5) is 0 Å². The van der Waals surface area contributed by atoms with Gasteiger partial charge >= 0.3 is 0 Å². The van der Waals surface area contributed by atoms with Gasteiger partial charge in [0.25, 0.3) is 0 Å². The van der Waals surface area contributed by atoms with Crippen LogP contribution in [-0.2, 0) is 0 Å². The molecule has 0 bridgehead atoms. The third-order valence-electron chi connectivity index (χ3n) is 3.70. The van der Waals surface area contributed by atoms with Crippen molar-refractivity contribution in [2.24, 2.45) is 5.73 Å². The molecule has 1 aliphatic rings. The number of nitrogens with zero attached hydrogens (tertiary/aromatic N) is 1. The van der Waals surface area contributed by atoms with E-state index in [1.54, 1.807) is 13.3 Å². The number of ether oxygens (including phenoxy) is 2. The predicted molar refractivity (Wildman–Crippen MR) is 73.5 cm³/mol. The SMILES string of the molecule is COc1c(O[C@H]2CCC[C@@H](N)C2)ccc2[nH]ncc12.